The standard InChI is InChI=1S/C29H32F4N4O5S/c1-2-43(40,41)25-11-6-20(7-12-25)26(16-38)36-27(39)22-13-34-28(35-14-22)37-15-21(5-10-24(37)17-42-18-30)19-3-8-23(9-4-19)29(31,32)33/h3-4,6-9,11-14,21,24,26,38H,2,5,10,15-18H2,1H3,(H,36,39)/t21?,24-,26-/m0/s1. The smallest absolute Gasteiger partial charge is 0.394 e. The minimum absolute atomic E-state index is 0.0539. The maximum Gasteiger partial charge on any atom is 0.416 e. The zero-order valence-corrected chi connectivity index (χ0v) is 24.1. The first-order chi connectivity index (χ1) is 20.5. The molecule has 2 heterocycles. The Balaban J connectivity index is 1.48. The van der Waals surface area contributed by atoms with Crippen LogP contribution in [-0.2, 0) is 20.8 Å². The molecule has 0 aliphatic carbocycles. The summed E-state index contributed by atoms with van der Waals surface area (Å²) in [5.41, 5.74) is 0.580. The maximum absolute atomic E-state index is 13.0. The molecule has 2 N–H and O–H groups in total. The number of benzene rings is 2. The minimum Gasteiger partial charge on any atom is -0.394 e. The van der Waals surface area contributed by atoms with E-state index in [0.29, 0.717) is 30.5 Å². The van der Waals surface area contributed by atoms with Crippen molar-refractivity contribution in [3.05, 3.63) is 83.2 Å². The lowest BCUT2D eigenvalue weighted by Gasteiger charge is -2.39. The number of alkyl halides is 4. The molecule has 0 spiro atoms. The molecule has 1 amide bonds. The van der Waals surface area contributed by atoms with Crippen LogP contribution >= 0.6 is 0 Å². The van der Waals surface area contributed by atoms with Crippen LogP contribution in [0.2, 0.25) is 0 Å². The molecule has 3 atom stereocenters. The van der Waals surface area contributed by atoms with Gasteiger partial charge in [-0.05, 0) is 48.2 Å². The molecule has 1 fully saturated rings. The molecule has 232 valence electrons. The second-order valence-corrected chi connectivity index (χ2v) is 12.4. The third-order valence-electron chi connectivity index (χ3n) is 7.47. The number of carbonyl (C=O) groups is 1. The maximum atomic E-state index is 13.0. The molecule has 1 saturated heterocycles. The molecule has 43 heavy (non-hydrogen) atoms. The van der Waals surface area contributed by atoms with Gasteiger partial charge in [-0.2, -0.15) is 13.2 Å². The van der Waals surface area contributed by atoms with Crippen molar-refractivity contribution in [2.24, 2.45) is 0 Å². The van der Waals surface area contributed by atoms with Gasteiger partial charge in [-0.25, -0.2) is 22.8 Å². The summed E-state index contributed by atoms with van der Waals surface area (Å²) < 4.78 is 81.0. The number of nitrogens with one attached hydrogen (secondary N) is 1. The molecule has 1 aliphatic rings. The van der Waals surface area contributed by atoms with Crippen molar-refractivity contribution in [3.8, 4) is 0 Å². The lowest BCUT2D eigenvalue weighted by Crippen LogP contribution is -2.46. The number of aliphatic hydroxyl groups is 1. The van der Waals surface area contributed by atoms with Crippen molar-refractivity contribution in [2.75, 3.05) is 37.3 Å². The van der Waals surface area contributed by atoms with Gasteiger partial charge in [0.1, 0.15) is 0 Å². The number of hydrogen-bond donors (Lipinski definition) is 2. The normalized spacial score (nSPS) is 18.3. The number of sulfone groups is 1. The first-order valence-corrected chi connectivity index (χ1v) is 15.3. The van der Waals surface area contributed by atoms with Crippen LogP contribution in [0.25, 0.3) is 0 Å². The van der Waals surface area contributed by atoms with Crippen molar-refractivity contribution in [1.82, 2.24) is 15.3 Å². The minimum atomic E-state index is -4.44. The number of carbonyl (C=O) groups excluding carboxylic acids is 1. The van der Waals surface area contributed by atoms with Crippen LogP contribution in [0.4, 0.5) is 23.5 Å². The highest BCUT2D eigenvalue weighted by molar-refractivity contribution is 7.91. The summed E-state index contributed by atoms with van der Waals surface area (Å²) in [4.78, 5) is 23.5. The summed E-state index contributed by atoms with van der Waals surface area (Å²) in [5, 5.41) is 12.6. The van der Waals surface area contributed by atoms with Gasteiger partial charge in [-0.3, -0.25) is 4.79 Å². The van der Waals surface area contributed by atoms with E-state index in [4.69, 9.17) is 4.74 Å². The first-order valence-electron chi connectivity index (χ1n) is 13.6. The van der Waals surface area contributed by atoms with E-state index in [2.05, 4.69) is 15.3 Å². The number of anilines is 1. The van der Waals surface area contributed by atoms with Crippen molar-refractivity contribution >= 4 is 21.7 Å². The number of nitrogens with zero attached hydrogens (tertiary/aromatic N) is 3. The molecular weight excluding hydrogens is 592 g/mol. The van der Waals surface area contributed by atoms with Crippen molar-refractivity contribution < 1.29 is 40.6 Å². The Hall–Kier alpha value is -3.62. The topological polar surface area (TPSA) is 122 Å². The third kappa shape index (κ3) is 7.86. The molecule has 3 aromatic rings. The number of halogens is 4. The summed E-state index contributed by atoms with van der Waals surface area (Å²) in [5.74, 6) is -0.528. The van der Waals surface area contributed by atoms with E-state index in [1.165, 1.54) is 55.7 Å². The summed E-state index contributed by atoms with van der Waals surface area (Å²) in [6, 6.07) is 9.75. The predicted octanol–water partition coefficient (Wildman–Crippen LogP) is 4.45. The number of rotatable bonds is 11. The van der Waals surface area contributed by atoms with Crippen LogP contribution in [0.15, 0.2) is 65.8 Å². The molecule has 14 heteroatoms. The summed E-state index contributed by atoms with van der Waals surface area (Å²) >= 11 is 0. The lowest BCUT2D eigenvalue weighted by molar-refractivity contribution is -0.137. The second kappa shape index (κ2) is 13.8. The summed E-state index contributed by atoms with van der Waals surface area (Å²) in [7, 11) is -3.40. The van der Waals surface area contributed by atoms with Crippen LogP contribution < -0.4 is 10.2 Å². The number of ether oxygens (including phenoxy) is 1. The van der Waals surface area contributed by atoms with Crippen LogP contribution in [0.5, 0.6) is 0 Å². The largest absolute Gasteiger partial charge is 0.416 e. The molecule has 2 aromatic carbocycles. The Labute approximate surface area is 246 Å². The number of aromatic nitrogens is 2. The van der Waals surface area contributed by atoms with Crippen molar-refractivity contribution in [3.63, 3.8) is 0 Å². The molecule has 0 bridgehead atoms. The Kier molecular flexibility index (Phi) is 10.4. The Morgan fingerprint density at radius 3 is 2.30 bits per heavy atom. The molecule has 4 rings (SSSR count). The van der Waals surface area contributed by atoms with E-state index in [0.717, 1.165) is 12.1 Å². The fourth-order valence-electron chi connectivity index (χ4n) is 4.98. The third-order valence-corrected chi connectivity index (χ3v) is 9.22. The molecule has 1 aliphatic heterocycles. The van der Waals surface area contributed by atoms with E-state index in [9.17, 15) is 35.9 Å². The number of piperidine rings is 1. The average molecular weight is 625 g/mol. The second-order valence-electron chi connectivity index (χ2n) is 10.1. The Morgan fingerprint density at radius 1 is 1.09 bits per heavy atom. The SMILES string of the molecule is CCS(=O)(=O)c1ccc([C@H](CO)NC(=O)c2cnc(N3CC(c4ccc(C(F)(F)F)cc4)CC[C@H]3COCF)nc2)cc1. The molecule has 0 saturated carbocycles. The van der Waals surface area contributed by atoms with Gasteiger partial charge in [-0.1, -0.05) is 31.2 Å². The molecular formula is C29H32F4N4O5S. The summed E-state index contributed by atoms with van der Waals surface area (Å²) in [6.07, 6.45) is -0.645. The number of amides is 1. The fourth-order valence-corrected chi connectivity index (χ4v) is 5.86. The van der Waals surface area contributed by atoms with E-state index >= 15 is 0 Å². The Morgan fingerprint density at radius 2 is 1.74 bits per heavy atom. The fraction of sp³-hybridized carbons (Fsp3) is 0.414. The van der Waals surface area contributed by atoms with Crippen molar-refractivity contribution in [1.29, 1.82) is 0 Å². The van der Waals surface area contributed by atoms with Crippen LogP contribution in [0.3, 0.4) is 0 Å². The zero-order valence-electron chi connectivity index (χ0n) is 23.3. The summed E-state index contributed by atoms with van der Waals surface area (Å²) in [6.45, 7) is 0.510. The predicted molar refractivity (Wildman–Crippen MR) is 150 cm³/mol. The highest BCUT2D eigenvalue weighted by Crippen LogP contribution is 2.35. The quantitative estimate of drug-likeness (QED) is 0.300. The van der Waals surface area contributed by atoms with Gasteiger partial charge in [0.15, 0.2) is 16.7 Å². The first kappa shape index (κ1) is 32.3. The van der Waals surface area contributed by atoms with E-state index in [-0.39, 0.29) is 40.7 Å². The van der Waals surface area contributed by atoms with Gasteiger partial charge in [-0.15, -0.1) is 0 Å². The van der Waals surface area contributed by atoms with E-state index in [1.54, 1.807) is 4.90 Å². The average Bonchev–Trinajstić information content (AvgIpc) is 3.02. The zero-order chi connectivity index (χ0) is 31.2. The van der Waals surface area contributed by atoms with Crippen LogP contribution in [0, 0.1) is 0 Å². The van der Waals surface area contributed by atoms with Gasteiger partial charge in [0, 0.05) is 24.9 Å². The van der Waals surface area contributed by atoms with Gasteiger partial charge >= 0.3 is 6.18 Å². The van der Waals surface area contributed by atoms with Crippen molar-refractivity contribution in [2.45, 2.75) is 48.8 Å². The number of hydrogen-bond acceptors (Lipinski definition) is 8. The van der Waals surface area contributed by atoms with E-state index < -0.39 is 47.0 Å². The monoisotopic (exact) mass is 624 g/mol. The Bertz CT molecular complexity index is 1470. The molecule has 1 unspecified atom stereocenters. The molecule has 1 aromatic heterocycles. The lowest BCUT2D eigenvalue weighted by atomic mass is 9.87. The van der Waals surface area contributed by atoms with Gasteiger partial charge in [0.2, 0.25) is 5.95 Å². The number of aliphatic hydroxyl groups excluding tert-OH is 1. The van der Waals surface area contributed by atoms with Gasteiger partial charge in [0.05, 0.1) is 47.1 Å². The highest BCUT2D eigenvalue weighted by Gasteiger charge is 2.33. The highest BCUT2D eigenvalue weighted by atomic mass is 32.2. The van der Waals surface area contributed by atoms with Gasteiger partial charge < -0.3 is 20.1 Å². The molecule has 0 radical (unpaired) electrons. The molecule has 9 nitrogen and oxygen atoms in total. The van der Waals surface area contributed by atoms with Crippen LogP contribution in [0.1, 0.15) is 58.8 Å². The van der Waals surface area contributed by atoms with Gasteiger partial charge in [0.25, 0.3) is 5.91 Å². The van der Waals surface area contributed by atoms with E-state index in [1.807, 2.05) is 0 Å². The van der Waals surface area contributed by atoms with Crippen LogP contribution in [-0.4, -0.2) is 67.8 Å².